The summed E-state index contributed by atoms with van der Waals surface area (Å²) < 4.78 is 4.74. The Morgan fingerprint density at radius 2 is 1.90 bits per heavy atom. The molecule has 1 amide bonds. The molecule has 6 heteroatoms. The molecule has 2 rings (SSSR count). The Kier molecular flexibility index (Phi) is 4.85. The lowest BCUT2D eigenvalue weighted by Gasteiger charge is -2.27. The predicted molar refractivity (Wildman–Crippen MR) is 74.4 cm³/mol. The molecule has 0 spiro atoms. The Balaban J connectivity index is 2.14. The van der Waals surface area contributed by atoms with Gasteiger partial charge >= 0.3 is 11.9 Å². The van der Waals surface area contributed by atoms with Gasteiger partial charge in [-0.05, 0) is 31.6 Å². The van der Waals surface area contributed by atoms with Crippen LogP contribution in [0.4, 0.5) is 0 Å². The van der Waals surface area contributed by atoms with Crippen LogP contribution in [0, 0.1) is 17.8 Å². The summed E-state index contributed by atoms with van der Waals surface area (Å²) in [7, 11) is 1.31. The van der Waals surface area contributed by atoms with Gasteiger partial charge in [0.1, 0.15) is 6.04 Å². The van der Waals surface area contributed by atoms with Gasteiger partial charge in [-0.25, -0.2) is 4.79 Å². The molecule has 1 saturated heterocycles. The standard InChI is InChI=1S/C15H23NO5/c1-3-9-7-10(11(8-9)14(18)19)13(17)16-6-4-5-12(16)15(20)21-2/h9-12H,3-8H2,1-2H3,(H,18,19). The van der Waals surface area contributed by atoms with E-state index in [2.05, 4.69) is 0 Å². The van der Waals surface area contributed by atoms with Crippen molar-refractivity contribution in [1.82, 2.24) is 4.90 Å². The second kappa shape index (κ2) is 6.45. The third-order valence-corrected chi connectivity index (χ3v) is 4.88. The third-order valence-electron chi connectivity index (χ3n) is 4.88. The van der Waals surface area contributed by atoms with Gasteiger partial charge in [0.25, 0.3) is 0 Å². The van der Waals surface area contributed by atoms with Crippen molar-refractivity contribution >= 4 is 17.8 Å². The highest BCUT2D eigenvalue weighted by molar-refractivity contribution is 5.89. The highest BCUT2D eigenvalue weighted by Gasteiger charge is 2.46. The molecule has 1 aliphatic carbocycles. The predicted octanol–water partition coefficient (Wildman–Crippen LogP) is 1.29. The fourth-order valence-electron chi connectivity index (χ4n) is 3.65. The Labute approximate surface area is 124 Å². The Morgan fingerprint density at radius 1 is 1.24 bits per heavy atom. The lowest BCUT2D eigenvalue weighted by atomic mass is 9.94. The van der Waals surface area contributed by atoms with Gasteiger partial charge in [-0.1, -0.05) is 13.3 Å². The summed E-state index contributed by atoms with van der Waals surface area (Å²) in [5, 5.41) is 9.35. The first-order chi connectivity index (χ1) is 9.99. The summed E-state index contributed by atoms with van der Waals surface area (Å²) in [6.07, 6.45) is 3.40. The first-order valence-corrected chi connectivity index (χ1v) is 7.60. The first-order valence-electron chi connectivity index (χ1n) is 7.60. The number of nitrogens with zero attached hydrogens (tertiary/aromatic N) is 1. The molecule has 21 heavy (non-hydrogen) atoms. The van der Waals surface area contributed by atoms with Crippen molar-refractivity contribution in [3.05, 3.63) is 0 Å². The number of likely N-dealkylation sites (tertiary alicyclic amines) is 1. The zero-order valence-corrected chi connectivity index (χ0v) is 12.6. The van der Waals surface area contributed by atoms with Crippen LogP contribution in [-0.2, 0) is 19.1 Å². The first kappa shape index (κ1) is 15.8. The van der Waals surface area contributed by atoms with E-state index in [1.54, 1.807) is 0 Å². The number of ether oxygens (including phenoxy) is 1. The summed E-state index contributed by atoms with van der Waals surface area (Å²) >= 11 is 0. The second-order valence-electron chi connectivity index (χ2n) is 6.01. The van der Waals surface area contributed by atoms with Crippen molar-refractivity contribution in [2.24, 2.45) is 17.8 Å². The maximum Gasteiger partial charge on any atom is 0.328 e. The number of carboxylic acid groups (broad SMARTS) is 1. The van der Waals surface area contributed by atoms with Crippen LogP contribution in [0.25, 0.3) is 0 Å². The van der Waals surface area contributed by atoms with Gasteiger partial charge in [-0.3, -0.25) is 9.59 Å². The number of carbonyl (C=O) groups is 3. The van der Waals surface area contributed by atoms with Crippen LogP contribution >= 0.6 is 0 Å². The molecule has 0 bridgehead atoms. The molecule has 4 atom stereocenters. The molecule has 2 fully saturated rings. The van der Waals surface area contributed by atoms with Crippen LogP contribution in [0.2, 0.25) is 0 Å². The van der Waals surface area contributed by atoms with Crippen molar-refractivity contribution in [2.45, 2.75) is 45.1 Å². The highest BCUT2D eigenvalue weighted by Crippen LogP contribution is 2.40. The maximum atomic E-state index is 12.7. The molecule has 6 nitrogen and oxygen atoms in total. The van der Waals surface area contributed by atoms with Gasteiger partial charge in [0, 0.05) is 6.54 Å². The van der Waals surface area contributed by atoms with Gasteiger partial charge in [0.15, 0.2) is 0 Å². The molecule has 118 valence electrons. The average molecular weight is 297 g/mol. The van der Waals surface area contributed by atoms with Crippen LogP contribution < -0.4 is 0 Å². The van der Waals surface area contributed by atoms with Crippen molar-refractivity contribution in [2.75, 3.05) is 13.7 Å². The number of amides is 1. The molecule has 1 aliphatic heterocycles. The lowest BCUT2D eigenvalue weighted by Crippen LogP contribution is -2.45. The maximum absolute atomic E-state index is 12.7. The minimum atomic E-state index is -0.905. The van der Waals surface area contributed by atoms with Crippen molar-refractivity contribution in [3.63, 3.8) is 0 Å². The van der Waals surface area contributed by atoms with Crippen LogP contribution in [0.3, 0.4) is 0 Å². The van der Waals surface area contributed by atoms with E-state index in [0.717, 1.165) is 12.8 Å². The summed E-state index contributed by atoms with van der Waals surface area (Å²) in [4.78, 5) is 37.4. The normalized spacial score (nSPS) is 32.2. The summed E-state index contributed by atoms with van der Waals surface area (Å²) in [5.41, 5.74) is 0. The van der Waals surface area contributed by atoms with Crippen molar-refractivity contribution < 1.29 is 24.2 Å². The molecular formula is C15H23NO5. The molecule has 0 aromatic rings. The Hall–Kier alpha value is -1.59. The number of hydrogen-bond acceptors (Lipinski definition) is 4. The molecule has 0 aromatic carbocycles. The van der Waals surface area contributed by atoms with Gasteiger partial charge in [-0.2, -0.15) is 0 Å². The number of aliphatic carboxylic acids is 1. The van der Waals surface area contributed by atoms with Gasteiger partial charge in [0.05, 0.1) is 18.9 Å². The number of esters is 1. The number of carbonyl (C=O) groups excluding carboxylic acids is 2. The van der Waals surface area contributed by atoms with E-state index < -0.39 is 29.8 Å². The molecule has 1 N–H and O–H groups in total. The summed E-state index contributed by atoms with van der Waals surface area (Å²) in [6.45, 7) is 2.53. The van der Waals surface area contributed by atoms with Crippen LogP contribution in [-0.4, -0.2) is 47.5 Å². The fourth-order valence-corrected chi connectivity index (χ4v) is 3.65. The van der Waals surface area contributed by atoms with E-state index in [-0.39, 0.29) is 11.8 Å². The molecule has 1 heterocycles. The van der Waals surface area contributed by atoms with Crippen molar-refractivity contribution in [3.8, 4) is 0 Å². The highest BCUT2D eigenvalue weighted by atomic mass is 16.5. The fraction of sp³-hybridized carbons (Fsp3) is 0.800. The van der Waals surface area contributed by atoms with Crippen molar-refractivity contribution in [1.29, 1.82) is 0 Å². The molecule has 0 radical (unpaired) electrons. The van der Waals surface area contributed by atoms with E-state index in [4.69, 9.17) is 4.74 Å². The topological polar surface area (TPSA) is 83.9 Å². The smallest absolute Gasteiger partial charge is 0.328 e. The van der Waals surface area contributed by atoms with Crippen LogP contribution in [0.1, 0.15) is 39.0 Å². The molecular weight excluding hydrogens is 274 g/mol. The summed E-state index contributed by atoms with van der Waals surface area (Å²) in [5.74, 6) is -2.35. The summed E-state index contributed by atoms with van der Waals surface area (Å²) in [6, 6.07) is -0.544. The SMILES string of the molecule is CCC1CC(C(=O)O)C(C(=O)N2CCCC2C(=O)OC)C1. The van der Waals surface area contributed by atoms with E-state index >= 15 is 0 Å². The van der Waals surface area contributed by atoms with E-state index in [9.17, 15) is 19.5 Å². The molecule has 1 saturated carbocycles. The van der Waals surface area contributed by atoms with Gasteiger partial charge in [-0.15, -0.1) is 0 Å². The number of hydrogen-bond donors (Lipinski definition) is 1. The van der Waals surface area contributed by atoms with Crippen LogP contribution in [0.5, 0.6) is 0 Å². The average Bonchev–Trinajstić information content (AvgIpc) is 3.12. The van der Waals surface area contributed by atoms with Gasteiger partial charge in [0.2, 0.25) is 5.91 Å². The minimum Gasteiger partial charge on any atom is -0.481 e. The number of methoxy groups -OCH3 is 1. The monoisotopic (exact) mass is 297 g/mol. The minimum absolute atomic E-state index is 0.189. The Morgan fingerprint density at radius 3 is 2.48 bits per heavy atom. The lowest BCUT2D eigenvalue weighted by molar-refractivity contribution is -0.155. The van der Waals surface area contributed by atoms with E-state index in [1.807, 2.05) is 6.92 Å². The van der Waals surface area contributed by atoms with E-state index in [0.29, 0.717) is 25.8 Å². The molecule has 2 aliphatic rings. The Bertz CT molecular complexity index is 436. The van der Waals surface area contributed by atoms with E-state index in [1.165, 1.54) is 12.0 Å². The number of rotatable bonds is 4. The number of carboxylic acids is 1. The second-order valence-corrected chi connectivity index (χ2v) is 6.01. The quantitative estimate of drug-likeness (QED) is 0.790. The third kappa shape index (κ3) is 3.04. The van der Waals surface area contributed by atoms with Gasteiger partial charge < -0.3 is 14.7 Å². The molecule has 4 unspecified atom stereocenters. The molecule has 0 aromatic heterocycles. The zero-order valence-electron chi connectivity index (χ0n) is 12.6. The zero-order chi connectivity index (χ0) is 15.6. The van der Waals surface area contributed by atoms with Crippen LogP contribution in [0.15, 0.2) is 0 Å². The largest absolute Gasteiger partial charge is 0.481 e.